The normalized spacial score (nSPS) is 12.7. The lowest BCUT2D eigenvalue weighted by molar-refractivity contribution is -0.119. The number of nitrogens with zero attached hydrogens (tertiary/aromatic N) is 2. The molecule has 0 fully saturated rings. The Labute approximate surface area is 168 Å². The fraction of sp³-hybridized carbons (Fsp3) is 0.217. The highest BCUT2D eigenvalue weighted by Gasteiger charge is 2.24. The smallest absolute Gasteiger partial charge is 0.339 e. The summed E-state index contributed by atoms with van der Waals surface area (Å²) in [5, 5.41) is 12.5. The van der Waals surface area contributed by atoms with Crippen LogP contribution in [-0.2, 0) is 22.4 Å². The SMILES string of the molecule is N#Cc1ccccc1NC(=O)COC(=O)c1c2c(nc3ccccc13)CCCC2. The molecule has 4 rings (SSSR count). The van der Waals surface area contributed by atoms with Crippen molar-refractivity contribution in [2.24, 2.45) is 0 Å². The maximum atomic E-state index is 12.9. The van der Waals surface area contributed by atoms with E-state index < -0.39 is 18.5 Å². The molecular weight excluding hydrogens is 366 g/mol. The van der Waals surface area contributed by atoms with Crippen LogP contribution in [0.1, 0.15) is 40.0 Å². The van der Waals surface area contributed by atoms with Crippen molar-refractivity contribution in [3.8, 4) is 6.07 Å². The lowest BCUT2D eigenvalue weighted by atomic mass is 9.90. The van der Waals surface area contributed by atoms with Gasteiger partial charge in [0.25, 0.3) is 5.91 Å². The second kappa shape index (κ2) is 8.11. The van der Waals surface area contributed by atoms with E-state index in [0.29, 0.717) is 16.8 Å². The van der Waals surface area contributed by atoms with Crippen molar-refractivity contribution in [3.05, 3.63) is 70.9 Å². The summed E-state index contributed by atoms with van der Waals surface area (Å²) in [6, 6.07) is 16.2. The first-order valence-corrected chi connectivity index (χ1v) is 9.54. The number of hydrogen-bond donors (Lipinski definition) is 1. The Bertz CT molecular complexity index is 1150. The molecule has 1 heterocycles. The molecule has 0 saturated carbocycles. The van der Waals surface area contributed by atoms with Gasteiger partial charge in [0.05, 0.1) is 22.3 Å². The zero-order chi connectivity index (χ0) is 20.2. The lowest BCUT2D eigenvalue weighted by Crippen LogP contribution is -2.23. The summed E-state index contributed by atoms with van der Waals surface area (Å²) in [6.07, 6.45) is 3.66. The van der Waals surface area contributed by atoms with Crippen LogP contribution in [0, 0.1) is 11.3 Å². The summed E-state index contributed by atoms with van der Waals surface area (Å²) in [4.78, 5) is 29.9. The molecule has 1 aliphatic rings. The quantitative estimate of drug-likeness (QED) is 0.690. The number of aryl methyl sites for hydroxylation is 1. The van der Waals surface area contributed by atoms with E-state index in [1.54, 1.807) is 24.3 Å². The average Bonchev–Trinajstić information content (AvgIpc) is 2.76. The number of esters is 1. The Morgan fingerprint density at radius 3 is 2.69 bits per heavy atom. The Balaban J connectivity index is 1.55. The Morgan fingerprint density at radius 2 is 1.83 bits per heavy atom. The first-order chi connectivity index (χ1) is 14.2. The zero-order valence-electron chi connectivity index (χ0n) is 15.8. The molecule has 3 aromatic rings. The highest BCUT2D eigenvalue weighted by molar-refractivity contribution is 6.06. The molecule has 0 aliphatic heterocycles. The van der Waals surface area contributed by atoms with E-state index in [2.05, 4.69) is 5.32 Å². The Hall–Kier alpha value is -3.72. The van der Waals surface area contributed by atoms with Gasteiger partial charge in [-0.15, -0.1) is 0 Å². The van der Waals surface area contributed by atoms with Gasteiger partial charge in [0.2, 0.25) is 0 Å². The molecule has 1 N–H and O–H groups in total. The predicted octanol–water partition coefficient (Wildman–Crippen LogP) is 3.78. The maximum absolute atomic E-state index is 12.9. The third-order valence-corrected chi connectivity index (χ3v) is 5.03. The fourth-order valence-electron chi connectivity index (χ4n) is 3.68. The van der Waals surface area contributed by atoms with E-state index in [-0.39, 0.29) is 0 Å². The number of hydrogen-bond acceptors (Lipinski definition) is 5. The van der Waals surface area contributed by atoms with Crippen LogP contribution in [0.2, 0.25) is 0 Å². The van der Waals surface area contributed by atoms with Gasteiger partial charge in [0.1, 0.15) is 6.07 Å². The Morgan fingerprint density at radius 1 is 1.07 bits per heavy atom. The van der Waals surface area contributed by atoms with Gasteiger partial charge in [-0.25, -0.2) is 4.79 Å². The number of carbonyl (C=O) groups is 2. The second-order valence-corrected chi connectivity index (χ2v) is 6.92. The van der Waals surface area contributed by atoms with E-state index in [0.717, 1.165) is 47.8 Å². The number of aromatic nitrogens is 1. The van der Waals surface area contributed by atoms with Gasteiger partial charge in [0.15, 0.2) is 6.61 Å². The van der Waals surface area contributed by atoms with Crippen LogP contribution in [0.25, 0.3) is 10.9 Å². The fourth-order valence-corrected chi connectivity index (χ4v) is 3.68. The van der Waals surface area contributed by atoms with Crippen molar-refractivity contribution < 1.29 is 14.3 Å². The molecule has 1 aromatic heterocycles. The van der Waals surface area contributed by atoms with Crippen LogP contribution >= 0.6 is 0 Å². The summed E-state index contributed by atoms with van der Waals surface area (Å²) >= 11 is 0. The van der Waals surface area contributed by atoms with Crippen LogP contribution < -0.4 is 5.32 Å². The number of carbonyl (C=O) groups excluding carboxylic acids is 2. The van der Waals surface area contributed by atoms with Crippen LogP contribution in [0.4, 0.5) is 5.69 Å². The van der Waals surface area contributed by atoms with Crippen molar-refractivity contribution in [3.63, 3.8) is 0 Å². The van der Waals surface area contributed by atoms with Gasteiger partial charge in [-0.1, -0.05) is 30.3 Å². The number of amides is 1. The van der Waals surface area contributed by atoms with Crippen LogP contribution in [0.5, 0.6) is 0 Å². The number of rotatable bonds is 4. The topological polar surface area (TPSA) is 92.1 Å². The van der Waals surface area contributed by atoms with Gasteiger partial charge in [-0.2, -0.15) is 5.26 Å². The summed E-state index contributed by atoms with van der Waals surface area (Å²) in [6.45, 7) is -0.427. The highest BCUT2D eigenvalue weighted by Crippen LogP contribution is 2.29. The summed E-state index contributed by atoms with van der Waals surface area (Å²) in [5.41, 5.74) is 3.87. The molecule has 6 nitrogen and oxygen atoms in total. The van der Waals surface area contributed by atoms with Crippen molar-refractivity contribution in [1.82, 2.24) is 4.98 Å². The van der Waals surface area contributed by atoms with Crippen LogP contribution in [0.3, 0.4) is 0 Å². The van der Waals surface area contributed by atoms with E-state index >= 15 is 0 Å². The highest BCUT2D eigenvalue weighted by atomic mass is 16.5. The molecule has 0 unspecified atom stereocenters. The van der Waals surface area contributed by atoms with Crippen molar-refractivity contribution in [1.29, 1.82) is 5.26 Å². The van der Waals surface area contributed by atoms with Gasteiger partial charge in [-0.3, -0.25) is 9.78 Å². The molecule has 0 spiro atoms. The molecular formula is C23H19N3O3. The number of ether oxygens (including phenoxy) is 1. The standard InChI is InChI=1S/C23H19N3O3/c24-13-15-7-1-4-10-18(15)26-21(27)14-29-23(28)22-16-8-2-5-11-19(16)25-20-12-6-3-9-17(20)22/h1-2,4-5,7-8,10-11H,3,6,9,12,14H2,(H,26,27). The van der Waals surface area contributed by atoms with Gasteiger partial charge in [0, 0.05) is 11.1 Å². The van der Waals surface area contributed by atoms with Gasteiger partial charge < -0.3 is 10.1 Å². The van der Waals surface area contributed by atoms with Crippen molar-refractivity contribution >= 4 is 28.5 Å². The third kappa shape index (κ3) is 3.81. The minimum absolute atomic E-state index is 0.348. The van der Waals surface area contributed by atoms with E-state index in [1.165, 1.54) is 0 Å². The molecule has 6 heteroatoms. The number of nitriles is 1. The van der Waals surface area contributed by atoms with Gasteiger partial charge in [-0.05, 0) is 49.4 Å². The number of para-hydroxylation sites is 2. The summed E-state index contributed by atoms with van der Waals surface area (Å²) < 4.78 is 5.35. The summed E-state index contributed by atoms with van der Waals surface area (Å²) in [5.74, 6) is -1.02. The van der Waals surface area contributed by atoms with Crippen LogP contribution in [-0.4, -0.2) is 23.5 Å². The van der Waals surface area contributed by atoms with E-state index in [1.807, 2.05) is 30.3 Å². The number of anilines is 1. The number of fused-ring (bicyclic) bond motifs is 2. The first kappa shape index (κ1) is 18.6. The molecule has 1 aliphatic carbocycles. The van der Waals surface area contributed by atoms with Gasteiger partial charge >= 0.3 is 5.97 Å². The van der Waals surface area contributed by atoms with E-state index in [4.69, 9.17) is 15.0 Å². The largest absolute Gasteiger partial charge is 0.452 e. The molecule has 0 radical (unpaired) electrons. The summed E-state index contributed by atoms with van der Waals surface area (Å²) in [7, 11) is 0. The number of benzene rings is 2. The van der Waals surface area contributed by atoms with Crippen LogP contribution in [0.15, 0.2) is 48.5 Å². The monoisotopic (exact) mass is 385 g/mol. The third-order valence-electron chi connectivity index (χ3n) is 5.03. The number of nitrogens with one attached hydrogen (secondary N) is 1. The molecule has 29 heavy (non-hydrogen) atoms. The molecule has 1 amide bonds. The molecule has 0 bridgehead atoms. The minimum Gasteiger partial charge on any atom is -0.452 e. The second-order valence-electron chi connectivity index (χ2n) is 6.92. The Kier molecular flexibility index (Phi) is 5.21. The maximum Gasteiger partial charge on any atom is 0.339 e. The zero-order valence-corrected chi connectivity index (χ0v) is 15.8. The molecule has 0 saturated heterocycles. The lowest BCUT2D eigenvalue weighted by Gasteiger charge is -2.20. The van der Waals surface area contributed by atoms with Crippen molar-refractivity contribution in [2.45, 2.75) is 25.7 Å². The molecule has 2 aromatic carbocycles. The average molecular weight is 385 g/mol. The molecule has 144 valence electrons. The number of pyridine rings is 1. The molecule has 0 atom stereocenters. The first-order valence-electron chi connectivity index (χ1n) is 9.54. The van der Waals surface area contributed by atoms with E-state index in [9.17, 15) is 9.59 Å². The minimum atomic E-state index is -0.523. The van der Waals surface area contributed by atoms with Crippen molar-refractivity contribution in [2.75, 3.05) is 11.9 Å². The predicted molar refractivity (Wildman–Crippen MR) is 108 cm³/mol.